The molecule has 1 aromatic carbocycles. The molecular formula is C12H15BrN4OS. The molecule has 102 valence electrons. The summed E-state index contributed by atoms with van der Waals surface area (Å²) in [6.07, 6.45) is 0.889. The Morgan fingerprint density at radius 2 is 2.32 bits per heavy atom. The molecule has 0 radical (unpaired) electrons. The largest absolute Gasteiger partial charge is 0.343 e. The summed E-state index contributed by atoms with van der Waals surface area (Å²) in [6.45, 7) is 3.20. The molecular weight excluding hydrogens is 328 g/mol. The van der Waals surface area contributed by atoms with Gasteiger partial charge in [0.1, 0.15) is 0 Å². The fraction of sp³-hybridized carbons (Fsp3) is 0.333. The molecule has 0 unspecified atom stereocenters. The molecule has 0 aliphatic carbocycles. The van der Waals surface area contributed by atoms with Gasteiger partial charge in [-0.2, -0.15) is 0 Å². The van der Waals surface area contributed by atoms with Crippen LogP contribution in [0.3, 0.4) is 0 Å². The molecule has 0 saturated carbocycles. The van der Waals surface area contributed by atoms with Crippen molar-refractivity contribution in [3.63, 3.8) is 0 Å². The minimum Gasteiger partial charge on any atom is -0.326 e. The maximum absolute atomic E-state index is 11.6. The molecule has 3 N–H and O–H groups in total. The van der Waals surface area contributed by atoms with E-state index in [1.54, 1.807) is 4.57 Å². The van der Waals surface area contributed by atoms with Crippen LogP contribution in [-0.4, -0.2) is 14.8 Å². The number of H-pyrrole nitrogens is 1. The van der Waals surface area contributed by atoms with E-state index in [4.69, 9.17) is 5.73 Å². The van der Waals surface area contributed by atoms with E-state index < -0.39 is 0 Å². The maximum atomic E-state index is 11.6. The second kappa shape index (κ2) is 6.40. The second-order valence-electron chi connectivity index (χ2n) is 4.03. The van der Waals surface area contributed by atoms with Crippen LogP contribution in [0.15, 0.2) is 37.5 Å². The summed E-state index contributed by atoms with van der Waals surface area (Å²) in [5, 5.41) is 7.22. The molecule has 0 saturated heterocycles. The Morgan fingerprint density at radius 1 is 1.53 bits per heavy atom. The number of nitrogens with one attached hydrogen (secondary N) is 1. The topological polar surface area (TPSA) is 76.7 Å². The van der Waals surface area contributed by atoms with Gasteiger partial charge in [0.05, 0.1) is 0 Å². The molecule has 0 fully saturated rings. The van der Waals surface area contributed by atoms with Crippen LogP contribution in [0.4, 0.5) is 0 Å². The number of hydrogen-bond donors (Lipinski definition) is 2. The zero-order valence-corrected chi connectivity index (χ0v) is 12.9. The molecule has 1 aromatic heterocycles. The van der Waals surface area contributed by atoms with E-state index in [0.717, 1.165) is 21.4 Å². The molecule has 0 bridgehead atoms. The molecule has 0 atom stereocenters. The van der Waals surface area contributed by atoms with Crippen LogP contribution in [0.25, 0.3) is 0 Å². The van der Waals surface area contributed by atoms with E-state index in [0.29, 0.717) is 18.2 Å². The van der Waals surface area contributed by atoms with Crippen LogP contribution in [-0.2, 0) is 13.1 Å². The Morgan fingerprint density at radius 3 is 2.95 bits per heavy atom. The summed E-state index contributed by atoms with van der Waals surface area (Å²) in [5.74, 6) is 0. The average molecular weight is 343 g/mol. The zero-order chi connectivity index (χ0) is 13.8. The normalized spacial score (nSPS) is 10.9. The first kappa shape index (κ1) is 14.4. The SMILES string of the molecule is CCCn1c(Sc2ccc(CN)cc2Br)n[nH]c1=O. The zero-order valence-electron chi connectivity index (χ0n) is 10.5. The monoisotopic (exact) mass is 342 g/mol. The van der Waals surface area contributed by atoms with Gasteiger partial charge in [-0.3, -0.25) is 4.57 Å². The number of halogens is 1. The highest BCUT2D eigenvalue weighted by atomic mass is 79.9. The Hall–Kier alpha value is -1.05. The van der Waals surface area contributed by atoms with Crippen LogP contribution in [0.2, 0.25) is 0 Å². The highest BCUT2D eigenvalue weighted by molar-refractivity contribution is 9.10. The summed E-state index contributed by atoms with van der Waals surface area (Å²) in [5.41, 5.74) is 6.49. The molecule has 2 rings (SSSR count). The average Bonchev–Trinajstić information content (AvgIpc) is 2.74. The Kier molecular flexibility index (Phi) is 4.84. The van der Waals surface area contributed by atoms with Crippen LogP contribution >= 0.6 is 27.7 Å². The molecule has 0 aliphatic rings. The lowest BCUT2D eigenvalue weighted by Gasteiger charge is -2.06. The van der Waals surface area contributed by atoms with Crippen molar-refractivity contribution in [1.29, 1.82) is 0 Å². The summed E-state index contributed by atoms with van der Waals surface area (Å²) in [6, 6.07) is 5.94. The number of benzene rings is 1. The van der Waals surface area contributed by atoms with E-state index in [1.807, 2.05) is 25.1 Å². The molecule has 5 nitrogen and oxygen atoms in total. The summed E-state index contributed by atoms with van der Waals surface area (Å²) in [4.78, 5) is 12.6. The molecule has 0 spiro atoms. The van der Waals surface area contributed by atoms with E-state index in [2.05, 4.69) is 26.1 Å². The Labute approximate surface area is 123 Å². The standard InChI is InChI=1S/C12H15BrN4OS/c1-2-5-17-11(18)15-16-12(17)19-10-4-3-8(7-14)6-9(10)13/h3-4,6H,2,5,7,14H2,1H3,(H,15,18). The number of rotatable bonds is 5. The highest BCUT2D eigenvalue weighted by Gasteiger charge is 2.11. The van der Waals surface area contributed by atoms with Crippen LogP contribution in [0.5, 0.6) is 0 Å². The lowest BCUT2D eigenvalue weighted by atomic mass is 10.2. The molecule has 7 heteroatoms. The first-order valence-electron chi connectivity index (χ1n) is 5.97. The van der Waals surface area contributed by atoms with E-state index in [1.165, 1.54) is 11.8 Å². The van der Waals surface area contributed by atoms with Gasteiger partial charge >= 0.3 is 5.69 Å². The first-order valence-corrected chi connectivity index (χ1v) is 7.58. The van der Waals surface area contributed by atoms with Gasteiger partial charge in [0.15, 0.2) is 5.16 Å². The number of nitrogens with two attached hydrogens (primary N) is 1. The fourth-order valence-corrected chi connectivity index (χ4v) is 3.19. The van der Waals surface area contributed by atoms with Gasteiger partial charge in [-0.25, -0.2) is 9.89 Å². The lowest BCUT2D eigenvalue weighted by molar-refractivity contribution is 0.604. The van der Waals surface area contributed by atoms with Crippen molar-refractivity contribution in [2.24, 2.45) is 5.73 Å². The lowest BCUT2D eigenvalue weighted by Crippen LogP contribution is -2.17. The van der Waals surface area contributed by atoms with Crippen molar-refractivity contribution in [2.75, 3.05) is 0 Å². The summed E-state index contributed by atoms with van der Waals surface area (Å²) in [7, 11) is 0. The van der Waals surface area contributed by atoms with E-state index >= 15 is 0 Å². The van der Waals surface area contributed by atoms with Crippen molar-refractivity contribution >= 4 is 27.7 Å². The van der Waals surface area contributed by atoms with Gasteiger partial charge in [0, 0.05) is 22.5 Å². The first-order chi connectivity index (χ1) is 9.15. The van der Waals surface area contributed by atoms with Crippen LogP contribution < -0.4 is 11.4 Å². The van der Waals surface area contributed by atoms with Crippen molar-refractivity contribution in [1.82, 2.24) is 14.8 Å². The predicted octanol–water partition coefficient (Wildman–Crippen LogP) is 2.35. The molecule has 1 heterocycles. The van der Waals surface area contributed by atoms with Gasteiger partial charge < -0.3 is 5.73 Å². The number of nitrogens with zero attached hydrogens (tertiary/aromatic N) is 2. The van der Waals surface area contributed by atoms with Crippen LogP contribution in [0.1, 0.15) is 18.9 Å². The number of aromatic amines is 1. The van der Waals surface area contributed by atoms with Crippen molar-refractivity contribution in [2.45, 2.75) is 36.5 Å². The second-order valence-corrected chi connectivity index (χ2v) is 5.90. The molecule has 2 aromatic rings. The van der Waals surface area contributed by atoms with Crippen molar-refractivity contribution in [3.05, 3.63) is 38.7 Å². The van der Waals surface area contributed by atoms with Gasteiger partial charge in [-0.15, -0.1) is 5.10 Å². The predicted molar refractivity (Wildman–Crippen MR) is 79.3 cm³/mol. The molecule has 19 heavy (non-hydrogen) atoms. The van der Waals surface area contributed by atoms with Crippen molar-refractivity contribution < 1.29 is 0 Å². The number of hydrogen-bond acceptors (Lipinski definition) is 4. The van der Waals surface area contributed by atoms with Gasteiger partial charge in [-0.05, 0) is 51.8 Å². The van der Waals surface area contributed by atoms with E-state index in [-0.39, 0.29) is 5.69 Å². The quantitative estimate of drug-likeness (QED) is 0.874. The summed E-state index contributed by atoms with van der Waals surface area (Å²) >= 11 is 4.97. The van der Waals surface area contributed by atoms with Gasteiger partial charge in [-0.1, -0.05) is 13.0 Å². The third-order valence-electron chi connectivity index (χ3n) is 2.60. The number of aromatic nitrogens is 3. The third-order valence-corrected chi connectivity index (χ3v) is 4.59. The van der Waals surface area contributed by atoms with Gasteiger partial charge in [0.2, 0.25) is 0 Å². The van der Waals surface area contributed by atoms with Crippen LogP contribution in [0, 0.1) is 0 Å². The molecule has 0 aliphatic heterocycles. The Balaban J connectivity index is 2.28. The minimum atomic E-state index is -0.168. The maximum Gasteiger partial charge on any atom is 0.343 e. The minimum absolute atomic E-state index is 0.168. The summed E-state index contributed by atoms with van der Waals surface area (Å²) < 4.78 is 2.60. The van der Waals surface area contributed by atoms with E-state index in [9.17, 15) is 4.79 Å². The smallest absolute Gasteiger partial charge is 0.326 e. The molecule has 0 amide bonds. The van der Waals surface area contributed by atoms with Crippen molar-refractivity contribution in [3.8, 4) is 0 Å². The Bertz CT molecular complexity index is 622. The fourth-order valence-electron chi connectivity index (χ4n) is 1.65. The third kappa shape index (κ3) is 3.29. The van der Waals surface area contributed by atoms with Gasteiger partial charge in [0.25, 0.3) is 0 Å². The highest BCUT2D eigenvalue weighted by Crippen LogP contribution is 2.32.